The smallest absolute Gasteiger partial charge is 0.294 e. The Bertz CT molecular complexity index is 1260. The van der Waals surface area contributed by atoms with Crippen LogP contribution in [0.1, 0.15) is 69.2 Å². The molecule has 6 nitrogen and oxygen atoms in total. The minimum atomic E-state index is -0.434. The number of imide groups is 1. The number of hydrogen-bond donors (Lipinski definition) is 1. The fraction of sp³-hybridized carbons (Fsp3) is 0.414. The van der Waals surface area contributed by atoms with Crippen molar-refractivity contribution in [3.63, 3.8) is 0 Å². The Balaban J connectivity index is 1.52. The number of nitrogens with zero attached hydrogens (tertiary/aromatic N) is 2. The highest BCUT2D eigenvalue weighted by molar-refractivity contribution is 8.18. The van der Waals surface area contributed by atoms with Crippen LogP contribution in [0, 0.1) is 13.8 Å². The van der Waals surface area contributed by atoms with Crippen LogP contribution in [-0.2, 0) is 9.59 Å². The van der Waals surface area contributed by atoms with Gasteiger partial charge < -0.3 is 10.2 Å². The number of thioether (sulfide) groups is 1. The summed E-state index contributed by atoms with van der Waals surface area (Å²) in [5.74, 6) is -0.455. The van der Waals surface area contributed by atoms with Crippen molar-refractivity contribution in [2.75, 3.05) is 16.8 Å². The monoisotopic (exact) mass is 505 g/mol. The molecular formula is C29H35N3O3S. The van der Waals surface area contributed by atoms with Crippen LogP contribution >= 0.6 is 11.8 Å². The van der Waals surface area contributed by atoms with E-state index in [9.17, 15) is 14.4 Å². The largest absolute Gasteiger partial charge is 0.364 e. The summed E-state index contributed by atoms with van der Waals surface area (Å²) in [6.45, 7) is 14.8. The molecule has 0 bridgehead atoms. The van der Waals surface area contributed by atoms with E-state index in [1.807, 2.05) is 38.1 Å². The molecule has 1 atom stereocenters. The third kappa shape index (κ3) is 5.07. The minimum Gasteiger partial charge on any atom is -0.364 e. The molecule has 0 radical (unpaired) electrons. The Labute approximate surface area is 218 Å². The summed E-state index contributed by atoms with van der Waals surface area (Å²) in [5, 5.41) is 2.38. The van der Waals surface area contributed by atoms with Gasteiger partial charge in [-0.1, -0.05) is 30.7 Å². The number of aryl methyl sites for hydroxylation is 2. The molecular weight excluding hydrogens is 470 g/mol. The zero-order valence-electron chi connectivity index (χ0n) is 22.1. The summed E-state index contributed by atoms with van der Waals surface area (Å²) >= 11 is 0.882. The molecule has 0 aromatic heterocycles. The number of hydrogen-bond acceptors (Lipinski definition) is 5. The first-order valence-electron chi connectivity index (χ1n) is 12.4. The van der Waals surface area contributed by atoms with Gasteiger partial charge >= 0.3 is 0 Å². The lowest BCUT2D eigenvalue weighted by Gasteiger charge is -2.50. The van der Waals surface area contributed by atoms with Crippen molar-refractivity contribution in [3.05, 3.63) is 63.6 Å². The molecule has 3 amide bonds. The number of fused-ring (bicyclic) bond motifs is 1. The van der Waals surface area contributed by atoms with Gasteiger partial charge in [-0.2, -0.15) is 0 Å². The lowest BCUT2D eigenvalue weighted by Crippen LogP contribution is -2.51. The first kappa shape index (κ1) is 26.0. The zero-order chi connectivity index (χ0) is 26.4. The lowest BCUT2D eigenvalue weighted by molar-refractivity contribution is -0.127. The summed E-state index contributed by atoms with van der Waals surface area (Å²) in [4.78, 5) is 42.0. The normalized spacial score (nSPS) is 20.3. The molecule has 2 aromatic rings. The van der Waals surface area contributed by atoms with Gasteiger partial charge in [-0.25, -0.2) is 0 Å². The zero-order valence-corrected chi connectivity index (χ0v) is 23.0. The highest BCUT2D eigenvalue weighted by Gasteiger charge is 2.38. The first-order valence-corrected chi connectivity index (χ1v) is 13.2. The molecule has 36 heavy (non-hydrogen) atoms. The molecule has 2 heterocycles. The summed E-state index contributed by atoms with van der Waals surface area (Å²) in [7, 11) is 0. The maximum Gasteiger partial charge on any atom is 0.294 e. The third-order valence-electron chi connectivity index (χ3n) is 6.95. The molecule has 190 valence electrons. The van der Waals surface area contributed by atoms with Crippen molar-refractivity contribution in [1.82, 2.24) is 4.90 Å². The average Bonchev–Trinajstić information content (AvgIpc) is 3.02. The standard InChI is InChI=1S/C29H35N3O3S/c1-17(2)32-24-11-9-21(13-22(24)20(5)15-29(32,6)7)14-25-27(34)31(28(35)36-25)16-26(33)30-23-10-8-18(3)12-19(23)4/h8-14,17,20H,15-16H2,1-7H3,(H,30,33)/b25-14-/t20-/m0/s1. The molecule has 0 saturated carbocycles. The molecule has 0 spiro atoms. The molecule has 1 saturated heterocycles. The van der Waals surface area contributed by atoms with E-state index in [-0.39, 0.29) is 12.1 Å². The van der Waals surface area contributed by atoms with Gasteiger partial charge in [-0.3, -0.25) is 19.3 Å². The molecule has 0 unspecified atom stereocenters. The van der Waals surface area contributed by atoms with Gasteiger partial charge in [-0.05, 0) is 107 Å². The fourth-order valence-corrected chi connectivity index (χ4v) is 6.45. The Kier molecular flexibility index (Phi) is 7.06. The van der Waals surface area contributed by atoms with Crippen molar-refractivity contribution < 1.29 is 14.4 Å². The van der Waals surface area contributed by atoms with E-state index < -0.39 is 17.1 Å². The summed E-state index contributed by atoms with van der Waals surface area (Å²) in [6.07, 6.45) is 2.80. The number of rotatable bonds is 5. The van der Waals surface area contributed by atoms with Crippen LogP contribution in [0.2, 0.25) is 0 Å². The van der Waals surface area contributed by atoms with E-state index in [1.54, 1.807) is 6.08 Å². The summed E-state index contributed by atoms with van der Waals surface area (Å²) in [5.41, 5.74) is 6.12. The maximum absolute atomic E-state index is 13.0. The number of nitrogens with one attached hydrogen (secondary N) is 1. The number of carbonyl (C=O) groups excluding carboxylic acids is 3. The third-order valence-corrected chi connectivity index (χ3v) is 7.85. The van der Waals surface area contributed by atoms with Crippen LogP contribution in [-0.4, -0.2) is 40.1 Å². The second-order valence-corrected chi connectivity index (χ2v) is 11.8. The number of benzene rings is 2. The van der Waals surface area contributed by atoms with Crippen LogP contribution < -0.4 is 10.2 Å². The fourth-order valence-electron chi connectivity index (χ4n) is 5.61. The molecule has 1 N–H and O–H groups in total. The molecule has 0 aliphatic carbocycles. The quantitative estimate of drug-likeness (QED) is 0.471. The molecule has 7 heteroatoms. The molecule has 2 aliphatic heterocycles. The maximum atomic E-state index is 13.0. The van der Waals surface area contributed by atoms with Gasteiger partial charge in [0.1, 0.15) is 6.54 Å². The molecule has 2 aliphatic rings. The van der Waals surface area contributed by atoms with Gasteiger partial charge in [-0.15, -0.1) is 0 Å². The second kappa shape index (κ2) is 9.77. The highest BCUT2D eigenvalue weighted by atomic mass is 32.2. The van der Waals surface area contributed by atoms with Gasteiger partial charge in [0.05, 0.1) is 4.91 Å². The Morgan fingerprint density at radius 2 is 1.89 bits per heavy atom. The van der Waals surface area contributed by atoms with Crippen molar-refractivity contribution in [2.45, 2.75) is 72.4 Å². The van der Waals surface area contributed by atoms with Crippen LogP contribution in [0.4, 0.5) is 16.2 Å². The van der Waals surface area contributed by atoms with Gasteiger partial charge in [0.15, 0.2) is 0 Å². The highest BCUT2D eigenvalue weighted by Crippen LogP contribution is 2.45. The average molecular weight is 506 g/mol. The molecule has 1 fully saturated rings. The SMILES string of the molecule is Cc1ccc(NC(=O)CN2C(=O)S/C(=C\c3ccc4c(c3)[C@@H](C)CC(C)(C)N4C(C)C)C2=O)c(C)c1. The van der Waals surface area contributed by atoms with Gasteiger partial charge in [0, 0.05) is 23.0 Å². The van der Waals surface area contributed by atoms with E-state index in [2.05, 4.69) is 57.0 Å². The predicted molar refractivity (Wildman–Crippen MR) is 148 cm³/mol. The van der Waals surface area contributed by atoms with Gasteiger partial charge in [0.25, 0.3) is 11.1 Å². The minimum absolute atomic E-state index is 0.0580. The Hall–Kier alpha value is -3.06. The predicted octanol–water partition coefficient (Wildman–Crippen LogP) is 6.48. The van der Waals surface area contributed by atoms with Crippen LogP contribution in [0.15, 0.2) is 41.3 Å². The number of carbonyl (C=O) groups is 3. The Morgan fingerprint density at radius 3 is 2.56 bits per heavy atom. The van der Waals surface area contributed by atoms with Gasteiger partial charge in [0.2, 0.25) is 5.91 Å². The van der Waals surface area contributed by atoms with Crippen molar-refractivity contribution in [1.29, 1.82) is 0 Å². The summed E-state index contributed by atoms with van der Waals surface area (Å²) < 4.78 is 0. The van der Waals surface area contributed by atoms with E-state index >= 15 is 0 Å². The van der Waals surface area contributed by atoms with E-state index in [1.165, 1.54) is 11.3 Å². The van der Waals surface area contributed by atoms with E-state index in [4.69, 9.17) is 0 Å². The van der Waals surface area contributed by atoms with Crippen LogP contribution in [0.5, 0.6) is 0 Å². The molecule has 2 aromatic carbocycles. The van der Waals surface area contributed by atoms with Crippen LogP contribution in [0.3, 0.4) is 0 Å². The van der Waals surface area contributed by atoms with Crippen molar-refractivity contribution in [3.8, 4) is 0 Å². The Morgan fingerprint density at radius 1 is 1.17 bits per heavy atom. The second-order valence-electron chi connectivity index (χ2n) is 10.8. The van der Waals surface area contributed by atoms with E-state index in [0.717, 1.165) is 39.8 Å². The summed E-state index contributed by atoms with van der Waals surface area (Å²) in [6, 6.07) is 12.3. The number of anilines is 2. The first-order chi connectivity index (χ1) is 16.9. The molecule has 4 rings (SSSR count). The van der Waals surface area contributed by atoms with Crippen molar-refractivity contribution in [2.24, 2.45) is 0 Å². The lowest BCUT2D eigenvalue weighted by atomic mass is 9.79. The number of amides is 3. The topological polar surface area (TPSA) is 69.7 Å². The van der Waals surface area contributed by atoms with Crippen LogP contribution in [0.25, 0.3) is 6.08 Å². The van der Waals surface area contributed by atoms with E-state index in [0.29, 0.717) is 22.6 Å². The van der Waals surface area contributed by atoms with Crippen molar-refractivity contribution >= 4 is 46.3 Å².